The van der Waals surface area contributed by atoms with E-state index in [0.717, 1.165) is 34.1 Å². The van der Waals surface area contributed by atoms with E-state index >= 15 is 0 Å². The highest BCUT2D eigenvalue weighted by Gasteiger charge is 2.32. The number of aryl methyl sites for hydroxylation is 1. The average Bonchev–Trinajstić information content (AvgIpc) is 2.87. The summed E-state index contributed by atoms with van der Waals surface area (Å²) in [6.45, 7) is 1.35. The molecule has 0 bridgehead atoms. The fraction of sp³-hybridized carbons (Fsp3) is 0.267. The Labute approximate surface area is 227 Å². The lowest BCUT2D eigenvalue weighted by atomic mass is 9.84. The van der Waals surface area contributed by atoms with Crippen LogP contribution >= 0.6 is 0 Å². The van der Waals surface area contributed by atoms with E-state index in [1.54, 1.807) is 12.1 Å². The highest BCUT2D eigenvalue weighted by atomic mass is 32.2. The SMILES string of the molecule is CC(=O)O[C@H](CCc1ccc(F)cc1)c1c(-c2cccc(C#CCNS(C)(=O)=O)c2)cccc1C1CC(=O)N1. The molecule has 1 amide bonds. The lowest BCUT2D eigenvalue weighted by Gasteiger charge is -2.32. The number of amides is 1. The van der Waals surface area contributed by atoms with E-state index in [1.165, 1.54) is 19.1 Å². The maximum absolute atomic E-state index is 13.4. The van der Waals surface area contributed by atoms with Crippen molar-refractivity contribution in [3.63, 3.8) is 0 Å². The van der Waals surface area contributed by atoms with E-state index in [9.17, 15) is 22.4 Å². The van der Waals surface area contributed by atoms with Crippen LogP contribution in [0.25, 0.3) is 11.1 Å². The van der Waals surface area contributed by atoms with E-state index in [2.05, 4.69) is 21.9 Å². The number of carbonyl (C=O) groups is 2. The third-order valence-corrected chi connectivity index (χ3v) is 6.98. The monoisotopic (exact) mass is 548 g/mol. The van der Waals surface area contributed by atoms with Crippen molar-refractivity contribution in [2.75, 3.05) is 12.8 Å². The maximum Gasteiger partial charge on any atom is 0.303 e. The fourth-order valence-corrected chi connectivity index (χ4v) is 4.87. The minimum atomic E-state index is -3.34. The predicted octanol–water partition coefficient (Wildman–Crippen LogP) is 4.19. The summed E-state index contributed by atoms with van der Waals surface area (Å²) in [6.07, 6.45) is 1.78. The minimum absolute atomic E-state index is 0.0108. The molecule has 3 aromatic carbocycles. The topological polar surface area (TPSA) is 102 Å². The molecule has 7 nitrogen and oxygen atoms in total. The van der Waals surface area contributed by atoms with Gasteiger partial charge in [-0.1, -0.05) is 54.3 Å². The van der Waals surface area contributed by atoms with Crippen molar-refractivity contribution in [3.8, 4) is 23.0 Å². The van der Waals surface area contributed by atoms with Crippen molar-refractivity contribution >= 4 is 21.9 Å². The van der Waals surface area contributed by atoms with Crippen LogP contribution in [-0.4, -0.2) is 33.1 Å². The molecule has 9 heteroatoms. The van der Waals surface area contributed by atoms with Crippen LogP contribution < -0.4 is 10.0 Å². The average molecular weight is 549 g/mol. The molecule has 4 rings (SSSR count). The number of rotatable bonds is 9. The molecule has 1 aliphatic rings. The number of carbonyl (C=O) groups excluding carboxylic acids is 2. The Morgan fingerprint density at radius 2 is 1.87 bits per heavy atom. The number of hydrogen-bond acceptors (Lipinski definition) is 5. The quantitative estimate of drug-likeness (QED) is 0.237. The number of ether oxygens (including phenoxy) is 1. The summed E-state index contributed by atoms with van der Waals surface area (Å²) in [4.78, 5) is 24.0. The van der Waals surface area contributed by atoms with Gasteiger partial charge in [0, 0.05) is 18.1 Å². The standard InChI is InChI=1S/C30H29FN2O5S/c1-20(34)38-28(16-13-21-11-14-24(31)15-12-21)30-25(9-4-10-26(30)27-19-29(35)33-27)23-8-3-6-22(18-23)7-5-17-32-39(2,36)37/h3-4,6,8-12,14-15,18,27-28,32H,13,16-17,19H2,1-2H3,(H,33,35)/t27?,28-/m1/s1. The van der Waals surface area contributed by atoms with Crippen molar-refractivity contribution in [3.05, 3.63) is 94.8 Å². The zero-order valence-corrected chi connectivity index (χ0v) is 22.5. The number of benzene rings is 3. The van der Waals surface area contributed by atoms with Crippen LogP contribution in [0.1, 0.15) is 54.2 Å². The van der Waals surface area contributed by atoms with Crippen molar-refractivity contribution < 1.29 is 27.1 Å². The molecule has 39 heavy (non-hydrogen) atoms. The van der Waals surface area contributed by atoms with Gasteiger partial charge in [-0.05, 0) is 59.4 Å². The lowest BCUT2D eigenvalue weighted by Crippen LogP contribution is -2.42. The summed E-state index contributed by atoms with van der Waals surface area (Å²) in [5, 5.41) is 2.92. The van der Waals surface area contributed by atoms with Gasteiger partial charge in [-0.25, -0.2) is 17.5 Å². The molecule has 1 heterocycles. The number of halogens is 1. The Bertz CT molecular complexity index is 1530. The minimum Gasteiger partial charge on any atom is -0.458 e. The van der Waals surface area contributed by atoms with Gasteiger partial charge in [0.15, 0.2) is 0 Å². The largest absolute Gasteiger partial charge is 0.458 e. The summed E-state index contributed by atoms with van der Waals surface area (Å²) in [5.41, 5.74) is 4.92. The Balaban J connectivity index is 1.73. The number of hydrogen-bond donors (Lipinski definition) is 2. The van der Waals surface area contributed by atoms with E-state index in [1.807, 2.05) is 42.5 Å². The van der Waals surface area contributed by atoms with Gasteiger partial charge in [-0.3, -0.25) is 9.59 Å². The van der Waals surface area contributed by atoms with Gasteiger partial charge in [0.2, 0.25) is 15.9 Å². The Hall–Kier alpha value is -4.00. The zero-order chi connectivity index (χ0) is 28.0. The maximum atomic E-state index is 13.4. The van der Waals surface area contributed by atoms with Gasteiger partial charge in [-0.15, -0.1) is 0 Å². The Morgan fingerprint density at radius 1 is 1.15 bits per heavy atom. The number of β-lactam (4-membered cyclic amide) rings is 1. The van der Waals surface area contributed by atoms with Crippen LogP contribution in [-0.2, 0) is 30.8 Å². The first-order valence-electron chi connectivity index (χ1n) is 12.5. The van der Waals surface area contributed by atoms with Gasteiger partial charge in [0.1, 0.15) is 11.9 Å². The fourth-order valence-electron chi connectivity index (χ4n) is 4.53. The van der Waals surface area contributed by atoms with Crippen LogP contribution in [0, 0.1) is 17.7 Å². The highest BCUT2D eigenvalue weighted by molar-refractivity contribution is 7.88. The smallest absolute Gasteiger partial charge is 0.303 e. The molecule has 0 radical (unpaired) electrons. The molecule has 2 atom stereocenters. The Morgan fingerprint density at radius 3 is 2.54 bits per heavy atom. The molecule has 1 saturated heterocycles. The van der Waals surface area contributed by atoms with Crippen LogP contribution in [0.15, 0.2) is 66.7 Å². The van der Waals surface area contributed by atoms with Crippen LogP contribution in [0.2, 0.25) is 0 Å². The normalized spacial score (nSPS) is 15.4. The van der Waals surface area contributed by atoms with Crippen molar-refractivity contribution in [1.29, 1.82) is 0 Å². The number of nitrogens with one attached hydrogen (secondary N) is 2. The second-order valence-electron chi connectivity index (χ2n) is 9.37. The number of esters is 1. The predicted molar refractivity (Wildman–Crippen MR) is 146 cm³/mol. The van der Waals surface area contributed by atoms with Crippen molar-refractivity contribution in [1.82, 2.24) is 10.0 Å². The lowest BCUT2D eigenvalue weighted by molar-refractivity contribution is -0.147. The summed E-state index contributed by atoms with van der Waals surface area (Å²) >= 11 is 0. The summed E-state index contributed by atoms with van der Waals surface area (Å²) in [7, 11) is -3.34. The van der Waals surface area contributed by atoms with Gasteiger partial charge in [-0.2, -0.15) is 0 Å². The first kappa shape index (κ1) is 28.0. The van der Waals surface area contributed by atoms with E-state index in [-0.39, 0.29) is 24.3 Å². The molecule has 3 aromatic rings. The first-order valence-corrected chi connectivity index (χ1v) is 14.4. The molecule has 0 aliphatic carbocycles. The van der Waals surface area contributed by atoms with E-state index in [0.29, 0.717) is 24.8 Å². The molecule has 1 aliphatic heterocycles. The molecule has 1 fully saturated rings. The van der Waals surface area contributed by atoms with Crippen molar-refractivity contribution in [2.24, 2.45) is 0 Å². The van der Waals surface area contributed by atoms with E-state index in [4.69, 9.17) is 4.74 Å². The van der Waals surface area contributed by atoms with Gasteiger partial charge < -0.3 is 10.1 Å². The zero-order valence-electron chi connectivity index (χ0n) is 21.7. The van der Waals surface area contributed by atoms with Gasteiger partial charge in [0.05, 0.1) is 25.3 Å². The molecule has 1 unspecified atom stereocenters. The third-order valence-electron chi connectivity index (χ3n) is 6.31. The second kappa shape index (κ2) is 12.2. The highest BCUT2D eigenvalue weighted by Crippen LogP contribution is 2.40. The van der Waals surface area contributed by atoms with Crippen LogP contribution in [0.3, 0.4) is 0 Å². The number of sulfonamides is 1. The summed E-state index contributed by atoms with van der Waals surface area (Å²) < 4.78 is 44.2. The van der Waals surface area contributed by atoms with Gasteiger partial charge in [0.25, 0.3) is 0 Å². The molecule has 0 spiro atoms. The summed E-state index contributed by atoms with van der Waals surface area (Å²) in [6, 6.07) is 19.3. The molecule has 0 saturated carbocycles. The van der Waals surface area contributed by atoms with Crippen LogP contribution in [0.5, 0.6) is 0 Å². The second-order valence-corrected chi connectivity index (χ2v) is 11.2. The third kappa shape index (κ3) is 7.76. The van der Waals surface area contributed by atoms with Crippen molar-refractivity contribution in [2.45, 2.75) is 38.3 Å². The van der Waals surface area contributed by atoms with Crippen LogP contribution in [0.4, 0.5) is 4.39 Å². The molecule has 0 aromatic heterocycles. The molecular weight excluding hydrogens is 519 g/mol. The summed E-state index contributed by atoms with van der Waals surface area (Å²) in [5.74, 6) is 4.98. The molecule has 202 valence electrons. The van der Waals surface area contributed by atoms with E-state index < -0.39 is 22.1 Å². The Kier molecular flexibility index (Phi) is 8.79. The molecular formula is C30H29FN2O5S. The molecule has 2 N–H and O–H groups in total. The van der Waals surface area contributed by atoms with Gasteiger partial charge >= 0.3 is 5.97 Å². The first-order chi connectivity index (χ1) is 18.6.